The van der Waals surface area contributed by atoms with E-state index in [2.05, 4.69) is 21.2 Å². The molecule has 3 nitrogen and oxygen atoms in total. The monoisotopic (exact) mass is 337 g/mol. The van der Waals surface area contributed by atoms with Crippen molar-refractivity contribution in [2.75, 3.05) is 5.32 Å². The van der Waals surface area contributed by atoms with Gasteiger partial charge in [-0.25, -0.2) is 4.39 Å². The summed E-state index contributed by atoms with van der Waals surface area (Å²) >= 11 is 3.16. The highest BCUT2D eigenvalue weighted by Gasteiger charge is 2.13. The van der Waals surface area contributed by atoms with Crippen LogP contribution in [0.25, 0.3) is 0 Å². The lowest BCUT2D eigenvalue weighted by atomic mass is 10.1. The van der Waals surface area contributed by atoms with E-state index < -0.39 is 5.82 Å². The highest BCUT2D eigenvalue weighted by Crippen LogP contribution is 2.26. The van der Waals surface area contributed by atoms with E-state index in [4.69, 9.17) is 0 Å². The molecule has 5 heteroatoms. The highest BCUT2D eigenvalue weighted by molar-refractivity contribution is 9.10. The van der Waals surface area contributed by atoms with Crippen molar-refractivity contribution in [2.45, 2.75) is 13.8 Å². The van der Waals surface area contributed by atoms with Gasteiger partial charge in [0.2, 0.25) is 0 Å². The largest absolute Gasteiger partial charge is 0.508 e. The molecule has 2 rings (SSSR count). The first kappa shape index (κ1) is 14.5. The molecule has 0 unspecified atom stereocenters. The third kappa shape index (κ3) is 2.99. The van der Waals surface area contributed by atoms with Crippen LogP contribution in [0.15, 0.2) is 34.8 Å². The van der Waals surface area contributed by atoms with Crippen LogP contribution in [0.5, 0.6) is 5.75 Å². The number of rotatable bonds is 2. The Labute approximate surface area is 124 Å². The van der Waals surface area contributed by atoms with Gasteiger partial charge in [0.1, 0.15) is 11.6 Å². The Bertz CT molecular complexity index is 686. The molecule has 0 aliphatic heterocycles. The lowest BCUT2D eigenvalue weighted by Crippen LogP contribution is -2.13. The van der Waals surface area contributed by atoms with Crippen molar-refractivity contribution in [3.8, 4) is 5.75 Å². The number of phenols is 1. The van der Waals surface area contributed by atoms with Crippen LogP contribution in [-0.2, 0) is 0 Å². The number of carbonyl (C=O) groups is 1. The summed E-state index contributed by atoms with van der Waals surface area (Å²) in [5.41, 5.74) is 2.38. The summed E-state index contributed by atoms with van der Waals surface area (Å²) in [6, 6.07) is 7.17. The van der Waals surface area contributed by atoms with E-state index in [1.165, 1.54) is 18.2 Å². The zero-order valence-electron chi connectivity index (χ0n) is 11.0. The minimum absolute atomic E-state index is 0.184. The van der Waals surface area contributed by atoms with E-state index in [9.17, 15) is 14.3 Å². The fourth-order valence-corrected chi connectivity index (χ4v) is 2.33. The van der Waals surface area contributed by atoms with Crippen LogP contribution in [-0.4, -0.2) is 11.0 Å². The third-order valence-corrected chi connectivity index (χ3v) is 3.62. The maximum Gasteiger partial charge on any atom is 0.256 e. The number of amides is 1. The zero-order valence-corrected chi connectivity index (χ0v) is 12.6. The number of hydrogen-bond acceptors (Lipinski definition) is 2. The van der Waals surface area contributed by atoms with Crippen LogP contribution in [0.2, 0.25) is 0 Å². The molecule has 0 atom stereocenters. The number of nitrogens with one attached hydrogen (secondary N) is 1. The van der Waals surface area contributed by atoms with E-state index in [0.717, 1.165) is 5.56 Å². The van der Waals surface area contributed by atoms with E-state index >= 15 is 0 Å². The van der Waals surface area contributed by atoms with Crippen LogP contribution >= 0.6 is 15.9 Å². The highest BCUT2D eigenvalue weighted by atomic mass is 79.9. The summed E-state index contributed by atoms with van der Waals surface area (Å²) in [5, 5.41) is 12.3. The second-order valence-electron chi connectivity index (χ2n) is 4.53. The fraction of sp³-hybridized carbons (Fsp3) is 0.133. The van der Waals surface area contributed by atoms with Crippen LogP contribution in [0, 0.1) is 19.7 Å². The van der Waals surface area contributed by atoms with Gasteiger partial charge in [-0.05, 0) is 71.2 Å². The van der Waals surface area contributed by atoms with Gasteiger partial charge in [-0.15, -0.1) is 0 Å². The normalized spacial score (nSPS) is 10.4. The standard InChI is InChI=1S/C15H13BrFNO2/c1-8-6-14(19)9(2)5-13(8)18-15(20)11-4-3-10(17)7-12(11)16/h3-7,19H,1-2H3,(H,18,20). The molecule has 2 aromatic carbocycles. The van der Waals surface area contributed by atoms with E-state index in [-0.39, 0.29) is 11.7 Å². The van der Waals surface area contributed by atoms with Crippen LogP contribution < -0.4 is 5.32 Å². The molecule has 20 heavy (non-hydrogen) atoms. The molecule has 104 valence electrons. The average molecular weight is 338 g/mol. The quantitative estimate of drug-likeness (QED) is 0.808. The molecule has 1 amide bonds. The van der Waals surface area contributed by atoms with Gasteiger partial charge < -0.3 is 10.4 Å². The summed E-state index contributed by atoms with van der Waals surface area (Å²) < 4.78 is 13.4. The number of hydrogen-bond donors (Lipinski definition) is 2. The number of aryl methyl sites for hydroxylation is 2. The van der Waals surface area contributed by atoms with Crippen molar-refractivity contribution in [3.63, 3.8) is 0 Å². The number of anilines is 1. The molecule has 0 saturated heterocycles. The van der Waals surface area contributed by atoms with Crippen LogP contribution in [0.1, 0.15) is 21.5 Å². The second kappa shape index (κ2) is 5.63. The number of aromatic hydroxyl groups is 1. The predicted octanol–water partition coefficient (Wildman–Crippen LogP) is 4.16. The second-order valence-corrected chi connectivity index (χ2v) is 5.39. The molecule has 0 spiro atoms. The van der Waals surface area contributed by atoms with Gasteiger partial charge >= 0.3 is 0 Å². The van der Waals surface area contributed by atoms with E-state index in [1.807, 2.05) is 0 Å². The summed E-state index contributed by atoms with van der Waals surface area (Å²) in [7, 11) is 0. The Balaban J connectivity index is 2.30. The molecule has 0 radical (unpaired) electrons. The Morgan fingerprint density at radius 3 is 2.55 bits per heavy atom. The first-order valence-corrected chi connectivity index (χ1v) is 6.74. The molecule has 0 aromatic heterocycles. The third-order valence-electron chi connectivity index (χ3n) is 2.97. The number of benzene rings is 2. The lowest BCUT2D eigenvalue weighted by molar-refractivity contribution is 0.102. The Kier molecular flexibility index (Phi) is 4.09. The van der Waals surface area contributed by atoms with Crippen molar-refractivity contribution in [1.82, 2.24) is 0 Å². The summed E-state index contributed by atoms with van der Waals surface area (Å²) in [4.78, 5) is 12.2. The molecule has 0 bridgehead atoms. The molecule has 0 heterocycles. The van der Waals surface area contributed by atoms with Gasteiger partial charge in [-0.3, -0.25) is 4.79 Å². The Morgan fingerprint density at radius 1 is 1.20 bits per heavy atom. The van der Waals surface area contributed by atoms with Gasteiger partial charge in [-0.1, -0.05) is 0 Å². The molecular weight excluding hydrogens is 325 g/mol. The Morgan fingerprint density at radius 2 is 1.90 bits per heavy atom. The summed E-state index contributed by atoms with van der Waals surface area (Å²) in [6.45, 7) is 3.53. The predicted molar refractivity (Wildman–Crippen MR) is 79.6 cm³/mol. The maximum absolute atomic E-state index is 13.0. The van der Waals surface area contributed by atoms with Gasteiger partial charge in [0.15, 0.2) is 0 Å². The SMILES string of the molecule is Cc1cc(NC(=O)c2ccc(F)cc2Br)c(C)cc1O. The molecule has 0 aliphatic rings. The van der Waals surface area contributed by atoms with Gasteiger partial charge in [0.05, 0.1) is 5.56 Å². The molecule has 0 aliphatic carbocycles. The Hall–Kier alpha value is -1.88. The van der Waals surface area contributed by atoms with Crippen molar-refractivity contribution in [1.29, 1.82) is 0 Å². The first-order valence-electron chi connectivity index (χ1n) is 5.95. The maximum atomic E-state index is 13.0. The summed E-state index contributed by atoms with van der Waals surface area (Å²) in [6.07, 6.45) is 0. The lowest BCUT2D eigenvalue weighted by Gasteiger charge is -2.11. The fourth-order valence-electron chi connectivity index (χ4n) is 1.80. The minimum atomic E-state index is -0.412. The van der Waals surface area contributed by atoms with Crippen molar-refractivity contribution in [3.05, 3.63) is 57.3 Å². The van der Waals surface area contributed by atoms with Gasteiger partial charge in [-0.2, -0.15) is 0 Å². The van der Waals surface area contributed by atoms with Crippen molar-refractivity contribution < 1.29 is 14.3 Å². The first-order chi connectivity index (χ1) is 9.38. The number of halogens is 2. The summed E-state index contributed by atoms with van der Waals surface area (Å²) in [5.74, 6) is -0.571. The smallest absolute Gasteiger partial charge is 0.256 e. The zero-order chi connectivity index (χ0) is 14.9. The average Bonchev–Trinajstić information content (AvgIpc) is 2.35. The van der Waals surface area contributed by atoms with Crippen molar-refractivity contribution in [2.24, 2.45) is 0 Å². The van der Waals surface area contributed by atoms with Gasteiger partial charge in [0, 0.05) is 10.2 Å². The van der Waals surface area contributed by atoms with Crippen LogP contribution in [0.4, 0.5) is 10.1 Å². The molecular formula is C15H13BrFNO2. The number of phenolic OH excluding ortho intramolecular Hbond substituents is 1. The van der Waals surface area contributed by atoms with E-state index in [0.29, 0.717) is 21.3 Å². The molecule has 0 fully saturated rings. The van der Waals surface area contributed by atoms with Gasteiger partial charge in [0.25, 0.3) is 5.91 Å². The number of carbonyl (C=O) groups excluding carboxylic acids is 1. The molecule has 2 N–H and O–H groups in total. The van der Waals surface area contributed by atoms with Crippen molar-refractivity contribution >= 4 is 27.5 Å². The molecule has 2 aromatic rings. The topological polar surface area (TPSA) is 49.3 Å². The molecule has 0 saturated carbocycles. The minimum Gasteiger partial charge on any atom is -0.508 e. The van der Waals surface area contributed by atoms with Crippen LogP contribution in [0.3, 0.4) is 0 Å². The van der Waals surface area contributed by atoms with E-state index in [1.54, 1.807) is 26.0 Å².